The van der Waals surface area contributed by atoms with Crippen molar-refractivity contribution >= 4 is 28.5 Å². The number of hydrogen-bond donors (Lipinski definition) is 1. The number of aromatic nitrogens is 3. The third-order valence-corrected chi connectivity index (χ3v) is 6.85. The molecule has 10 nitrogen and oxygen atoms in total. The van der Waals surface area contributed by atoms with Gasteiger partial charge in [-0.3, -0.25) is 14.5 Å². The summed E-state index contributed by atoms with van der Waals surface area (Å²) >= 11 is 0. The summed E-state index contributed by atoms with van der Waals surface area (Å²) in [6.07, 6.45) is 1.79. The highest BCUT2D eigenvalue weighted by Gasteiger charge is 2.34. The van der Waals surface area contributed by atoms with E-state index in [0.29, 0.717) is 48.0 Å². The summed E-state index contributed by atoms with van der Waals surface area (Å²) in [5.74, 6) is 0.583. The van der Waals surface area contributed by atoms with Gasteiger partial charge in [0.25, 0.3) is 0 Å². The quantitative estimate of drug-likeness (QED) is 0.306. The summed E-state index contributed by atoms with van der Waals surface area (Å²) in [6.45, 7) is 3.35. The first kappa shape index (κ1) is 27.1. The number of fused-ring (bicyclic) bond motifs is 1. The van der Waals surface area contributed by atoms with E-state index >= 15 is 0 Å². The number of nitrogens with one attached hydrogen (secondary N) is 1. The molecule has 40 heavy (non-hydrogen) atoms. The van der Waals surface area contributed by atoms with Crippen LogP contribution in [-0.4, -0.2) is 59.8 Å². The molecule has 1 aliphatic heterocycles. The Balaban J connectivity index is 1.54. The monoisotopic (exact) mass is 543 g/mol. The predicted octanol–water partition coefficient (Wildman–Crippen LogP) is 3.91. The van der Waals surface area contributed by atoms with Crippen LogP contribution in [0.2, 0.25) is 0 Å². The number of ether oxygens (including phenoxy) is 3. The number of methoxy groups -OCH3 is 1. The number of amides is 2. The molecule has 0 aliphatic carbocycles. The van der Waals surface area contributed by atoms with Crippen molar-refractivity contribution in [1.29, 1.82) is 0 Å². The Labute approximate surface area is 232 Å². The van der Waals surface area contributed by atoms with E-state index < -0.39 is 6.04 Å². The zero-order valence-corrected chi connectivity index (χ0v) is 22.7. The lowest BCUT2D eigenvalue weighted by Crippen LogP contribution is -2.46. The molecule has 5 rings (SSSR count). The van der Waals surface area contributed by atoms with Crippen LogP contribution in [0, 0.1) is 0 Å². The third-order valence-electron chi connectivity index (χ3n) is 6.85. The van der Waals surface area contributed by atoms with Gasteiger partial charge in [0.1, 0.15) is 29.6 Å². The second-order valence-electron chi connectivity index (χ2n) is 9.49. The van der Waals surface area contributed by atoms with Gasteiger partial charge in [-0.2, -0.15) is 0 Å². The molecule has 3 aromatic carbocycles. The van der Waals surface area contributed by atoms with Crippen molar-refractivity contribution in [3.63, 3.8) is 0 Å². The molecule has 4 aromatic rings. The number of anilines is 1. The minimum atomic E-state index is -0.980. The van der Waals surface area contributed by atoms with Crippen LogP contribution in [0.3, 0.4) is 0 Å². The summed E-state index contributed by atoms with van der Waals surface area (Å²) in [6, 6.07) is 20.8. The van der Waals surface area contributed by atoms with Crippen molar-refractivity contribution in [2.24, 2.45) is 0 Å². The van der Waals surface area contributed by atoms with Crippen molar-refractivity contribution in [2.75, 3.05) is 31.8 Å². The van der Waals surface area contributed by atoms with Crippen LogP contribution in [0.5, 0.6) is 11.5 Å². The van der Waals surface area contributed by atoms with Gasteiger partial charge in [0.05, 0.1) is 25.3 Å². The van der Waals surface area contributed by atoms with E-state index in [1.165, 1.54) is 4.90 Å². The molecule has 2 heterocycles. The molecule has 1 aliphatic rings. The van der Waals surface area contributed by atoms with Gasteiger partial charge >= 0.3 is 0 Å². The maximum atomic E-state index is 14.2. The Morgan fingerprint density at radius 2 is 1.93 bits per heavy atom. The van der Waals surface area contributed by atoms with Gasteiger partial charge in [0.15, 0.2) is 0 Å². The van der Waals surface area contributed by atoms with Crippen LogP contribution < -0.4 is 19.7 Å². The Kier molecular flexibility index (Phi) is 8.56. The Morgan fingerprint density at radius 3 is 2.67 bits per heavy atom. The summed E-state index contributed by atoms with van der Waals surface area (Å²) in [7, 11) is 1.56. The molecule has 208 valence electrons. The van der Waals surface area contributed by atoms with Crippen LogP contribution in [-0.2, 0) is 20.9 Å². The molecule has 1 aromatic heterocycles. The Morgan fingerprint density at radius 1 is 1.10 bits per heavy atom. The van der Waals surface area contributed by atoms with E-state index in [2.05, 4.69) is 15.6 Å². The van der Waals surface area contributed by atoms with E-state index in [1.54, 1.807) is 48.2 Å². The smallest absolute Gasteiger partial charge is 0.249 e. The molecule has 0 radical (unpaired) electrons. The first-order chi connectivity index (χ1) is 19.6. The fraction of sp³-hybridized carbons (Fsp3) is 0.333. The van der Waals surface area contributed by atoms with Crippen molar-refractivity contribution in [1.82, 2.24) is 20.3 Å². The third kappa shape index (κ3) is 6.07. The second-order valence-corrected chi connectivity index (χ2v) is 9.49. The van der Waals surface area contributed by atoms with E-state index in [0.717, 1.165) is 18.4 Å². The zero-order chi connectivity index (χ0) is 27.9. The van der Waals surface area contributed by atoms with Gasteiger partial charge in [-0.25, -0.2) is 4.68 Å². The van der Waals surface area contributed by atoms with Crippen molar-refractivity contribution in [3.05, 3.63) is 78.4 Å². The summed E-state index contributed by atoms with van der Waals surface area (Å²) < 4.78 is 18.3. The lowest BCUT2D eigenvalue weighted by Gasteiger charge is -2.32. The number of rotatable bonds is 11. The Hall–Kier alpha value is -4.44. The lowest BCUT2D eigenvalue weighted by molar-refractivity contribution is -0.127. The molecule has 0 bridgehead atoms. The SMILES string of the molecule is CCOc1ccc([C@H](C(=O)NC[C@@H]2CCCO2)N(C(=O)Cn2nnc3ccccc32)c2cccc(OC)c2)cc1. The van der Waals surface area contributed by atoms with Crippen LogP contribution in [0.15, 0.2) is 72.8 Å². The molecule has 0 saturated carbocycles. The summed E-state index contributed by atoms with van der Waals surface area (Å²) in [5.41, 5.74) is 2.55. The van der Waals surface area contributed by atoms with E-state index in [4.69, 9.17) is 14.2 Å². The topological polar surface area (TPSA) is 108 Å². The van der Waals surface area contributed by atoms with Gasteiger partial charge in [0.2, 0.25) is 11.8 Å². The van der Waals surface area contributed by atoms with Crippen LogP contribution in [0.1, 0.15) is 31.4 Å². The van der Waals surface area contributed by atoms with Crippen LogP contribution >= 0.6 is 0 Å². The van der Waals surface area contributed by atoms with E-state index in [1.807, 2.05) is 43.3 Å². The number of carbonyl (C=O) groups is 2. The fourth-order valence-corrected chi connectivity index (χ4v) is 4.88. The molecule has 0 spiro atoms. The molecule has 1 fully saturated rings. The number of para-hydroxylation sites is 1. The van der Waals surface area contributed by atoms with Crippen molar-refractivity contribution in [3.8, 4) is 11.5 Å². The molecule has 2 atom stereocenters. The van der Waals surface area contributed by atoms with E-state index in [9.17, 15) is 9.59 Å². The molecule has 0 unspecified atom stereocenters. The Bertz CT molecular complexity index is 1450. The lowest BCUT2D eigenvalue weighted by atomic mass is 10.0. The van der Waals surface area contributed by atoms with Gasteiger partial charge in [-0.15, -0.1) is 5.10 Å². The predicted molar refractivity (Wildman–Crippen MR) is 150 cm³/mol. The minimum Gasteiger partial charge on any atom is -0.497 e. The first-order valence-corrected chi connectivity index (χ1v) is 13.4. The van der Waals surface area contributed by atoms with Gasteiger partial charge in [-0.1, -0.05) is 35.5 Å². The molecule has 2 amide bonds. The summed E-state index contributed by atoms with van der Waals surface area (Å²) in [5, 5.41) is 11.4. The standard InChI is InChI=1S/C30H33N5O5/c1-3-39-23-15-13-21(14-16-23)29(30(37)31-19-25-10-7-17-40-25)35(22-8-6-9-24(18-22)38-2)28(36)20-34-27-12-5-4-11-26(27)32-33-34/h4-6,8-9,11-16,18,25,29H,3,7,10,17,19-20H2,1-2H3,(H,31,37)/t25-,29+/m0/s1. The van der Waals surface area contributed by atoms with Crippen LogP contribution in [0.4, 0.5) is 5.69 Å². The maximum absolute atomic E-state index is 14.2. The molecule has 10 heteroatoms. The normalized spacial score (nSPS) is 15.5. The summed E-state index contributed by atoms with van der Waals surface area (Å²) in [4.78, 5) is 29.6. The molecule has 1 N–H and O–H groups in total. The van der Waals surface area contributed by atoms with E-state index in [-0.39, 0.29) is 24.5 Å². The maximum Gasteiger partial charge on any atom is 0.249 e. The highest BCUT2D eigenvalue weighted by atomic mass is 16.5. The number of hydrogen-bond acceptors (Lipinski definition) is 7. The fourth-order valence-electron chi connectivity index (χ4n) is 4.88. The first-order valence-electron chi connectivity index (χ1n) is 13.4. The number of nitrogens with zero attached hydrogens (tertiary/aromatic N) is 4. The second kappa shape index (κ2) is 12.6. The number of benzene rings is 3. The highest BCUT2D eigenvalue weighted by molar-refractivity contribution is 6.01. The van der Waals surface area contributed by atoms with Gasteiger partial charge < -0.3 is 19.5 Å². The van der Waals surface area contributed by atoms with Crippen LogP contribution in [0.25, 0.3) is 11.0 Å². The zero-order valence-electron chi connectivity index (χ0n) is 22.7. The average molecular weight is 544 g/mol. The molecular weight excluding hydrogens is 510 g/mol. The number of carbonyl (C=O) groups excluding carboxylic acids is 2. The average Bonchev–Trinajstić information content (AvgIpc) is 3.66. The van der Waals surface area contributed by atoms with Gasteiger partial charge in [0, 0.05) is 24.9 Å². The van der Waals surface area contributed by atoms with Gasteiger partial charge in [-0.05, 0) is 61.7 Å². The minimum absolute atomic E-state index is 0.0487. The van der Waals surface area contributed by atoms with Crippen molar-refractivity contribution < 1.29 is 23.8 Å². The van der Waals surface area contributed by atoms with Crippen molar-refractivity contribution in [2.45, 2.75) is 38.5 Å². The highest BCUT2D eigenvalue weighted by Crippen LogP contribution is 2.32. The molecular formula is C30H33N5O5. The largest absolute Gasteiger partial charge is 0.497 e. The molecule has 1 saturated heterocycles.